The van der Waals surface area contributed by atoms with Crippen LogP contribution in [0.4, 0.5) is 18.9 Å². The average Bonchev–Trinajstić information content (AvgIpc) is 2.57. The Bertz CT molecular complexity index is 868. The maximum absolute atomic E-state index is 12.6. The molecule has 1 N–H and O–H groups in total. The minimum Gasteiger partial charge on any atom is -0.403 e. The first-order chi connectivity index (χ1) is 12.6. The Balaban J connectivity index is 2.21. The topological polar surface area (TPSA) is 55.4 Å². The molecule has 27 heavy (non-hydrogen) atoms. The number of benzene rings is 2. The number of sulfonamides is 1. The van der Waals surface area contributed by atoms with Crippen molar-refractivity contribution in [3.05, 3.63) is 52.5 Å². The van der Waals surface area contributed by atoms with Crippen LogP contribution >= 0.6 is 15.9 Å². The lowest BCUT2D eigenvalue weighted by Crippen LogP contribution is -2.20. The van der Waals surface area contributed by atoms with Crippen LogP contribution in [0.2, 0.25) is 0 Å². The maximum atomic E-state index is 12.6. The molecule has 0 bridgehead atoms. The van der Waals surface area contributed by atoms with Gasteiger partial charge in [-0.1, -0.05) is 47.8 Å². The summed E-state index contributed by atoms with van der Waals surface area (Å²) in [7, 11) is -4.06. The van der Waals surface area contributed by atoms with Crippen LogP contribution < -0.4 is 9.46 Å². The molecule has 0 saturated carbocycles. The van der Waals surface area contributed by atoms with E-state index in [9.17, 15) is 21.6 Å². The van der Waals surface area contributed by atoms with Crippen LogP contribution in [0.5, 0.6) is 5.75 Å². The number of anilines is 1. The number of halogens is 4. The van der Waals surface area contributed by atoms with Gasteiger partial charge in [0.25, 0.3) is 10.0 Å². The number of nitrogens with one attached hydrogen (secondary N) is 1. The van der Waals surface area contributed by atoms with Crippen LogP contribution in [0.3, 0.4) is 0 Å². The first-order valence-corrected chi connectivity index (χ1v) is 10.6. The molecule has 0 aliphatic rings. The molecule has 4 nitrogen and oxygen atoms in total. The van der Waals surface area contributed by atoms with Gasteiger partial charge >= 0.3 is 6.36 Å². The highest BCUT2D eigenvalue weighted by molar-refractivity contribution is 9.10. The average molecular weight is 466 g/mol. The fourth-order valence-corrected chi connectivity index (χ4v) is 3.82. The number of ether oxygens (including phenoxy) is 1. The Hall–Kier alpha value is -1.74. The van der Waals surface area contributed by atoms with Crippen molar-refractivity contribution < 1.29 is 26.3 Å². The maximum Gasteiger partial charge on any atom is 0.573 e. The fourth-order valence-electron chi connectivity index (χ4n) is 2.41. The van der Waals surface area contributed by atoms with E-state index in [4.69, 9.17) is 0 Å². The van der Waals surface area contributed by atoms with Gasteiger partial charge in [-0.3, -0.25) is 4.72 Å². The summed E-state index contributed by atoms with van der Waals surface area (Å²) >= 11 is 3.04. The third kappa shape index (κ3) is 6.73. The van der Waals surface area contributed by atoms with Gasteiger partial charge in [-0.05, 0) is 48.7 Å². The molecule has 0 aliphatic heterocycles. The molecule has 0 amide bonds. The van der Waals surface area contributed by atoms with Crippen LogP contribution in [0, 0.1) is 0 Å². The number of aryl methyl sites for hydroxylation is 1. The third-order valence-electron chi connectivity index (χ3n) is 3.72. The van der Waals surface area contributed by atoms with Crippen molar-refractivity contribution in [2.24, 2.45) is 0 Å². The van der Waals surface area contributed by atoms with Gasteiger partial charge in [0.15, 0.2) is 5.75 Å². The van der Waals surface area contributed by atoms with Gasteiger partial charge in [-0.25, -0.2) is 8.42 Å². The zero-order valence-corrected chi connectivity index (χ0v) is 16.9. The molecule has 0 saturated heterocycles. The summed E-state index contributed by atoms with van der Waals surface area (Å²) < 4.78 is 69.1. The summed E-state index contributed by atoms with van der Waals surface area (Å²) in [6, 6.07) is 9.94. The summed E-state index contributed by atoms with van der Waals surface area (Å²) in [6.07, 6.45) is -0.907. The Morgan fingerprint density at radius 1 is 1.07 bits per heavy atom. The van der Waals surface area contributed by atoms with Crippen molar-refractivity contribution in [1.82, 2.24) is 0 Å². The molecular weight excluding hydrogens is 447 g/mol. The molecule has 0 aromatic heterocycles. The Morgan fingerprint density at radius 3 is 2.33 bits per heavy atom. The van der Waals surface area contributed by atoms with Crippen molar-refractivity contribution in [3.8, 4) is 5.75 Å². The van der Waals surface area contributed by atoms with Crippen molar-refractivity contribution in [1.29, 1.82) is 0 Å². The number of unbranched alkanes of at least 4 members (excludes halogenated alkanes) is 2. The van der Waals surface area contributed by atoms with Gasteiger partial charge in [-0.2, -0.15) is 0 Å². The van der Waals surface area contributed by atoms with E-state index >= 15 is 0 Å². The van der Waals surface area contributed by atoms with E-state index in [1.54, 1.807) is 12.1 Å². The van der Waals surface area contributed by atoms with Gasteiger partial charge in [-0.15, -0.1) is 13.2 Å². The van der Waals surface area contributed by atoms with E-state index in [0.29, 0.717) is 4.47 Å². The highest BCUT2D eigenvalue weighted by Crippen LogP contribution is 2.34. The molecule has 2 aromatic rings. The fraction of sp³-hybridized carbons (Fsp3) is 0.333. The Labute approximate surface area is 164 Å². The smallest absolute Gasteiger partial charge is 0.403 e. The predicted octanol–water partition coefficient (Wildman–Crippen LogP) is 5.88. The molecule has 0 atom stereocenters. The molecule has 0 heterocycles. The molecule has 9 heteroatoms. The Kier molecular flexibility index (Phi) is 7.16. The summed E-state index contributed by atoms with van der Waals surface area (Å²) in [5, 5.41) is 0. The lowest BCUT2D eigenvalue weighted by molar-refractivity contribution is -0.274. The van der Waals surface area contributed by atoms with Crippen molar-refractivity contribution in [3.63, 3.8) is 0 Å². The molecule has 148 valence electrons. The summed E-state index contributed by atoms with van der Waals surface area (Å²) in [4.78, 5) is -0.0392. The minimum atomic E-state index is -4.94. The van der Waals surface area contributed by atoms with E-state index in [1.165, 1.54) is 24.3 Å². The van der Waals surface area contributed by atoms with Gasteiger partial charge in [0.2, 0.25) is 0 Å². The molecule has 0 fully saturated rings. The molecule has 0 spiro atoms. The monoisotopic (exact) mass is 465 g/mol. The lowest BCUT2D eigenvalue weighted by Gasteiger charge is -2.15. The largest absolute Gasteiger partial charge is 0.573 e. The van der Waals surface area contributed by atoms with Crippen LogP contribution in [-0.4, -0.2) is 14.8 Å². The van der Waals surface area contributed by atoms with E-state index < -0.39 is 22.1 Å². The van der Waals surface area contributed by atoms with Crippen molar-refractivity contribution in [2.75, 3.05) is 4.72 Å². The van der Waals surface area contributed by atoms with Crippen LogP contribution in [0.15, 0.2) is 51.8 Å². The predicted molar refractivity (Wildman–Crippen MR) is 101 cm³/mol. The third-order valence-corrected chi connectivity index (χ3v) is 5.59. The number of rotatable bonds is 8. The molecule has 0 unspecified atom stereocenters. The molecule has 0 aliphatic carbocycles. The number of hydrogen-bond acceptors (Lipinski definition) is 3. The summed E-state index contributed by atoms with van der Waals surface area (Å²) in [5.41, 5.74) is 0.703. The summed E-state index contributed by atoms with van der Waals surface area (Å²) in [6.45, 7) is 2.10. The van der Waals surface area contributed by atoms with Crippen LogP contribution in [0.1, 0.15) is 31.7 Å². The van der Waals surface area contributed by atoms with Gasteiger partial charge in [0, 0.05) is 4.47 Å². The number of alkyl halides is 3. The minimum absolute atomic E-state index is 0.0392. The second-order valence-electron chi connectivity index (χ2n) is 5.89. The van der Waals surface area contributed by atoms with E-state index in [-0.39, 0.29) is 10.6 Å². The zero-order valence-electron chi connectivity index (χ0n) is 14.5. The lowest BCUT2D eigenvalue weighted by atomic mass is 10.1. The SMILES string of the molecule is CCCCCc1ccc(S(=O)(=O)Nc2ccc(Br)cc2OC(F)(F)F)cc1. The molecule has 2 aromatic carbocycles. The second kappa shape index (κ2) is 8.97. The van der Waals surface area contributed by atoms with Gasteiger partial charge in [0.1, 0.15) is 0 Å². The quantitative estimate of drug-likeness (QED) is 0.495. The van der Waals surface area contributed by atoms with Crippen LogP contribution in [0.25, 0.3) is 0 Å². The number of hydrogen-bond donors (Lipinski definition) is 1. The van der Waals surface area contributed by atoms with E-state index in [0.717, 1.165) is 37.3 Å². The highest BCUT2D eigenvalue weighted by Gasteiger charge is 2.33. The van der Waals surface area contributed by atoms with Gasteiger partial charge < -0.3 is 4.74 Å². The van der Waals surface area contributed by atoms with Crippen LogP contribution in [-0.2, 0) is 16.4 Å². The van der Waals surface area contributed by atoms with E-state index in [1.807, 2.05) is 0 Å². The normalized spacial score (nSPS) is 12.0. The molecule has 2 rings (SSSR count). The second-order valence-corrected chi connectivity index (χ2v) is 8.49. The first-order valence-electron chi connectivity index (χ1n) is 8.28. The van der Waals surface area contributed by atoms with Crippen molar-refractivity contribution in [2.45, 2.75) is 43.9 Å². The Morgan fingerprint density at radius 2 is 1.74 bits per heavy atom. The first kappa shape index (κ1) is 21.6. The van der Waals surface area contributed by atoms with E-state index in [2.05, 4.69) is 32.3 Å². The van der Waals surface area contributed by atoms with Crippen molar-refractivity contribution >= 4 is 31.6 Å². The molecular formula is C18H19BrF3NO3S. The highest BCUT2D eigenvalue weighted by atomic mass is 79.9. The standard InChI is InChI=1S/C18H19BrF3NO3S/c1-2-3-4-5-13-6-9-15(10-7-13)27(24,25)23-16-11-8-14(19)12-17(16)26-18(20,21)22/h6-12,23H,2-5H2,1H3. The van der Waals surface area contributed by atoms with Gasteiger partial charge in [0.05, 0.1) is 10.6 Å². The summed E-state index contributed by atoms with van der Waals surface area (Å²) in [5.74, 6) is -0.642. The zero-order chi connectivity index (χ0) is 20.1. The molecule has 0 radical (unpaired) electrons.